The minimum absolute atomic E-state index is 0.0342. The summed E-state index contributed by atoms with van der Waals surface area (Å²) < 4.78 is 2.33. The van der Waals surface area contributed by atoms with Gasteiger partial charge in [-0.1, -0.05) is 59.6 Å². The molecule has 3 aromatic carbocycles. The summed E-state index contributed by atoms with van der Waals surface area (Å²) in [6.45, 7) is 2.52. The summed E-state index contributed by atoms with van der Waals surface area (Å²) in [6.07, 6.45) is 4.40. The van der Waals surface area contributed by atoms with Crippen LogP contribution >= 0.6 is 23.2 Å². The predicted molar refractivity (Wildman–Crippen MR) is 170 cm³/mol. The van der Waals surface area contributed by atoms with Crippen LogP contribution in [0.5, 0.6) is 0 Å². The molecule has 7 rings (SSSR count). The summed E-state index contributed by atoms with van der Waals surface area (Å²) in [4.78, 5) is 18.1. The van der Waals surface area contributed by atoms with Crippen molar-refractivity contribution in [3.63, 3.8) is 0 Å². The number of aromatic nitrogens is 3. The highest BCUT2D eigenvalue weighted by molar-refractivity contribution is 6.30. The molecule has 5 aromatic rings. The fourth-order valence-electron chi connectivity index (χ4n) is 6.49. The number of carbonyl (C=O) groups is 1. The number of pyridine rings is 1. The third-order valence-electron chi connectivity index (χ3n) is 8.78. The Kier molecular flexibility index (Phi) is 7.68. The van der Waals surface area contributed by atoms with Crippen LogP contribution in [0.4, 0.5) is 0 Å². The van der Waals surface area contributed by atoms with Gasteiger partial charge in [-0.2, -0.15) is 5.10 Å². The molecule has 2 aliphatic rings. The zero-order valence-electron chi connectivity index (χ0n) is 23.7. The fraction of sp³-hybridized carbons (Fsp3) is 0.286. The molecule has 0 amide bonds. The Hall–Kier alpha value is -3.71. The van der Waals surface area contributed by atoms with Crippen LogP contribution in [0.3, 0.4) is 0 Å². The Labute approximate surface area is 260 Å². The Morgan fingerprint density at radius 3 is 2.07 bits per heavy atom. The van der Waals surface area contributed by atoms with Gasteiger partial charge in [0.2, 0.25) is 0 Å². The Bertz CT molecular complexity index is 1730. The molecule has 0 bridgehead atoms. The molecule has 0 atom stereocenters. The Morgan fingerprint density at radius 2 is 1.47 bits per heavy atom. The maximum absolute atomic E-state index is 11.4. The number of carboxylic acids is 1. The second-order valence-corrected chi connectivity index (χ2v) is 12.6. The van der Waals surface area contributed by atoms with Crippen LogP contribution in [0, 0.1) is 0 Å². The maximum atomic E-state index is 11.4. The monoisotopic (exact) mass is 610 g/mol. The van der Waals surface area contributed by atoms with Crippen molar-refractivity contribution in [3.8, 4) is 0 Å². The summed E-state index contributed by atoms with van der Waals surface area (Å²) in [5.74, 6) is -0.554. The smallest absolute Gasteiger partial charge is 0.354 e. The van der Waals surface area contributed by atoms with Crippen LogP contribution in [0.1, 0.15) is 82.1 Å². The number of fused-ring (bicyclic) bond motifs is 1. The third-order valence-corrected chi connectivity index (χ3v) is 9.28. The van der Waals surface area contributed by atoms with Gasteiger partial charge in [0.1, 0.15) is 5.69 Å². The van der Waals surface area contributed by atoms with E-state index in [-0.39, 0.29) is 11.6 Å². The largest absolute Gasteiger partial charge is 0.477 e. The van der Waals surface area contributed by atoms with Gasteiger partial charge in [-0.05, 0) is 104 Å². The van der Waals surface area contributed by atoms with Gasteiger partial charge in [0, 0.05) is 39.5 Å². The second kappa shape index (κ2) is 11.8. The zero-order chi connectivity index (χ0) is 29.5. The van der Waals surface area contributed by atoms with Crippen molar-refractivity contribution in [1.29, 1.82) is 0 Å². The van der Waals surface area contributed by atoms with E-state index in [1.165, 1.54) is 40.6 Å². The molecule has 0 radical (unpaired) electrons. The number of aromatic carboxylic acids is 1. The Morgan fingerprint density at radius 1 is 0.837 bits per heavy atom. The van der Waals surface area contributed by atoms with Crippen molar-refractivity contribution in [1.82, 2.24) is 19.7 Å². The van der Waals surface area contributed by atoms with E-state index >= 15 is 0 Å². The molecule has 43 heavy (non-hydrogen) atoms. The summed E-state index contributed by atoms with van der Waals surface area (Å²) in [7, 11) is 0. The Balaban J connectivity index is 1.21. The maximum Gasteiger partial charge on any atom is 0.354 e. The van der Waals surface area contributed by atoms with Crippen molar-refractivity contribution < 1.29 is 9.90 Å². The van der Waals surface area contributed by atoms with Crippen LogP contribution in [0.2, 0.25) is 10.0 Å². The van der Waals surface area contributed by atoms with E-state index in [9.17, 15) is 9.90 Å². The number of rotatable bonds is 8. The number of likely N-dealkylation sites (tertiary alicyclic amines) is 1. The van der Waals surface area contributed by atoms with E-state index in [2.05, 4.69) is 57.0 Å². The number of carboxylic acid groups (broad SMARTS) is 1. The highest BCUT2D eigenvalue weighted by Crippen LogP contribution is 2.43. The molecule has 2 aromatic heterocycles. The van der Waals surface area contributed by atoms with Crippen LogP contribution in [-0.2, 0) is 6.54 Å². The highest BCUT2D eigenvalue weighted by Gasteiger charge is 2.33. The topological polar surface area (TPSA) is 71.2 Å². The zero-order valence-corrected chi connectivity index (χ0v) is 25.2. The lowest BCUT2D eigenvalue weighted by molar-refractivity contribution is 0.0689. The lowest BCUT2D eigenvalue weighted by atomic mass is 9.84. The number of benzene rings is 3. The molecule has 0 spiro atoms. The van der Waals surface area contributed by atoms with Gasteiger partial charge in [-0.15, -0.1) is 0 Å². The molecule has 8 heteroatoms. The van der Waals surface area contributed by atoms with Gasteiger partial charge < -0.3 is 5.11 Å². The molecule has 1 aliphatic heterocycles. The average Bonchev–Trinajstić information content (AvgIpc) is 3.80. The van der Waals surface area contributed by atoms with Crippen LogP contribution in [0.15, 0.2) is 84.9 Å². The van der Waals surface area contributed by atoms with Crippen molar-refractivity contribution >= 4 is 40.1 Å². The molecule has 218 valence electrons. The second-order valence-electron chi connectivity index (χ2n) is 11.7. The number of hydrogen-bond donors (Lipinski definition) is 1. The fourth-order valence-corrected chi connectivity index (χ4v) is 6.74. The molecular weight excluding hydrogens is 579 g/mol. The summed E-state index contributed by atoms with van der Waals surface area (Å²) in [6, 6.07) is 28.7. The van der Waals surface area contributed by atoms with Crippen molar-refractivity contribution in [3.05, 3.63) is 129 Å². The first-order valence-electron chi connectivity index (χ1n) is 14.9. The average molecular weight is 612 g/mol. The summed E-state index contributed by atoms with van der Waals surface area (Å²) in [5, 5.41) is 17.1. The number of nitrogens with zero attached hydrogens (tertiary/aromatic N) is 4. The van der Waals surface area contributed by atoms with Gasteiger partial charge in [-0.3, -0.25) is 9.58 Å². The minimum Gasteiger partial charge on any atom is -0.477 e. The van der Waals surface area contributed by atoms with E-state index in [0.29, 0.717) is 18.5 Å². The van der Waals surface area contributed by atoms with Gasteiger partial charge in [0.25, 0.3) is 0 Å². The van der Waals surface area contributed by atoms with Gasteiger partial charge in [-0.25, -0.2) is 9.78 Å². The molecule has 0 unspecified atom stereocenters. The molecule has 1 aliphatic carbocycles. The third kappa shape index (κ3) is 5.92. The standard InChI is InChI=1S/C35H32Cl2N4O2/c36-26-9-4-22(5-10-26)33(23-6-11-27(37)12-7-23)25-8-15-31-30(20-25)34(41(39-31)29-13-14-29)24-16-18-40(19-17-24)21-28-2-1-3-32(38-28)35(42)43/h1-12,15,20,24,29,33H,13-14,16-19,21H2,(H,42,43). The van der Waals surface area contributed by atoms with Gasteiger partial charge in [0.15, 0.2) is 0 Å². The van der Waals surface area contributed by atoms with Crippen LogP contribution in [-0.4, -0.2) is 43.8 Å². The first kappa shape index (κ1) is 28.1. The van der Waals surface area contributed by atoms with E-state index in [4.69, 9.17) is 28.3 Å². The lowest BCUT2D eigenvalue weighted by Gasteiger charge is -2.32. The van der Waals surface area contributed by atoms with Gasteiger partial charge in [0.05, 0.1) is 17.3 Å². The lowest BCUT2D eigenvalue weighted by Crippen LogP contribution is -2.33. The first-order valence-corrected chi connectivity index (χ1v) is 15.6. The molecular formula is C35H32Cl2N4O2. The highest BCUT2D eigenvalue weighted by atomic mass is 35.5. The van der Waals surface area contributed by atoms with Crippen LogP contribution in [0.25, 0.3) is 10.9 Å². The number of halogens is 2. The molecule has 1 saturated carbocycles. The minimum atomic E-state index is -0.991. The molecule has 1 saturated heterocycles. The molecule has 1 N–H and O–H groups in total. The van der Waals surface area contributed by atoms with Crippen LogP contribution < -0.4 is 0 Å². The van der Waals surface area contributed by atoms with E-state index in [1.54, 1.807) is 12.1 Å². The SMILES string of the molecule is O=C(O)c1cccc(CN2CCC(c3c4cc(C(c5ccc(Cl)cc5)c5ccc(Cl)cc5)ccc4nn3C3CC3)CC2)n1. The van der Waals surface area contributed by atoms with Crippen molar-refractivity contribution in [2.75, 3.05) is 13.1 Å². The normalized spacial score (nSPS) is 16.3. The quantitative estimate of drug-likeness (QED) is 0.179. The van der Waals surface area contributed by atoms with E-state index in [1.807, 2.05) is 30.3 Å². The van der Waals surface area contributed by atoms with Crippen molar-refractivity contribution in [2.45, 2.75) is 50.1 Å². The predicted octanol–water partition coefficient (Wildman–Crippen LogP) is 8.33. The molecule has 3 heterocycles. The number of piperidine rings is 1. The van der Waals surface area contributed by atoms with E-state index < -0.39 is 5.97 Å². The van der Waals surface area contributed by atoms with E-state index in [0.717, 1.165) is 47.2 Å². The summed E-state index contributed by atoms with van der Waals surface area (Å²) in [5.41, 5.74) is 6.87. The first-order chi connectivity index (χ1) is 20.9. The molecule has 2 fully saturated rings. The molecule has 6 nitrogen and oxygen atoms in total. The van der Waals surface area contributed by atoms with Gasteiger partial charge >= 0.3 is 5.97 Å². The number of hydrogen-bond acceptors (Lipinski definition) is 4. The van der Waals surface area contributed by atoms with Crippen molar-refractivity contribution in [2.24, 2.45) is 0 Å². The summed E-state index contributed by atoms with van der Waals surface area (Å²) >= 11 is 12.5.